The van der Waals surface area contributed by atoms with Gasteiger partial charge in [0.2, 0.25) is 0 Å². The number of benzene rings is 1. The van der Waals surface area contributed by atoms with Crippen molar-refractivity contribution in [2.45, 2.75) is 12.1 Å². The SMILES string of the molecule is N#CC1(C#N)C(C[O])C1c1ccc(C(F)(F)F)cc1. The normalized spacial score (nSPS) is 24.3. The summed E-state index contributed by atoms with van der Waals surface area (Å²) >= 11 is 0. The van der Waals surface area contributed by atoms with Crippen molar-refractivity contribution in [3.63, 3.8) is 0 Å². The zero-order chi connectivity index (χ0) is 14.3. The molecule has 0 bridgehead atoms. The highest BCUT2D eigenvalue weighted by molar-refractivity contribution is 5.45. The van der Waals surface area contributed by atoms with Crippen molar-refractivity contribution in [3.05, 3.63) is 35.4 Å². The molecular weight excluding hydrogens is 257 g/mol. The molecule has 1 aromatic carbocycles. The quantitative estimate of drug-likeness (QED) is 0.825. The molecule has 2 atom stereocenters. The van der Waals surface area contributed by atoms with E-state index in [0.29, 0.717) is 5.56 Å². The Bertz CT molecular complexity index is 552. The summed E-state index contributed by atoms with van der Waals surface area (Å²) in [5.74, 6) is -1.25. The molecule has 97 valence electrons. The van der Waals surface area contributed by atoms with Gasteiger partial charge in [-0.1, -0.05) is 12.1 Å². The summed E-state index contributed by atoms with van der Waals surface area (Å²) in [4.78, 5) is 0. The van der Waals surface area contributed by atoms with Crippen LogP contribution in [0.2, 0.25) is 0 Å². The van der Waals surface area contributed by atoms with Gasteiger partial charge in [-0.25, -0.2) is 5.11 Å². The maximum Gasteiger partial charge on any atom is 0.416 e. The molecule has 1 aromatic rings. The van der Waals surface area contributed by atoms with Gasteiger partial charge in [-0.3, -0.25) is 0 Å². The van der Waals surface area contributed by atoms with Crippen molar-refractivity contribution >= 4 is 0 Å². The summed E-state index contributed by atoms with van der Waals surface area (Å²) in [7, 11) is 0. The third-order valence-electron chi connectivity index (χ3n) is 3.52. The van der Waals surface area contributed by atoms with Crippen LogP contribution in [0.3, 0.4) is 0 Å². The first kappa shape index (κ1) is 13.4. The molecule has 0 N–H and O–H groups in total. The lowest BCUT2D eigenvalue weighted by Crippen LogP contribution is -2.04. The smallest absolute Gasteiger partial charge is 0.236 e. The third kappa shape index (κ3) is 1.94. The summed E-state index contributed by atoms with van der Waals surface area (Å²) in [6.45, 7) is -0.590. The standard InChI is InChI=1S/C13H8F3N2O/c14-13(15,16)9-3-1-8(2-4-9)11-10(5-19)12(11,6-17)7-18/h1-4,10-11H,5H2. The van der Waals surface area contributed by atoms with Crippen LogP contribution in [-0.4, -0.2) is 6.61 Å². The van der Waals surface area contributed by atoms with Gasteiger partial charge in [0.15, 0.2) is 5.41 Å². The van der Waals surface area contributed by atoms with E-state index in [-0.39, 0.29) is 0 Å². The molecule has 6 heteroatoms. The molecule has 0 aromatic heterocycles. The number of rotatable bonds is 2. The largest absolute Gasteiger partial charge is 0.416 e. The minimum atomic E-state index is -4.43. The summed E-state index contributed by atoms with van der Waals surface area (Å²) in [6.07, 6.45) is -4.43. The van der Waals surface area contributed by atoms with E-state index in [4.69, 9.17) is 10.5 Å². The fraction of sp³-hybridized carbons (Fsp3) is 0.385. The lowest BCUT2D eigenvalue weighted by atomic mass is 10.0. The van der Waals surface area contributed by atoms with Crippen LogP contribution >= 0.6 is 0 Å². The molecule has 1 saturated carbocycles. The van der Waals surface area contributed by atoms with Crippen LogP contribution < -0.4 is 0 Å². The van der Waals surface area contributed by atoms with Crippen LogP contribution in [0.15, 0.2) is 24.3 Å². The molecule has 2 rings (SSSR count). The lowest BCUT2D eigenvalue weighted by molar-refractivity contribution is -0.137. The summed E-state index contributed by atoms with van der Waals surface area (Å²) in [5.41, 5.74) is -1.76. The first-order valence-electron chi connectivity index (χ1n) is 5.48. The van der Waals surface area contributed by atoms with Gasteiger partial charge in [0.1, 0.15) is 0 Å². The molecular formula is C13H8F3N2O. The molecule has 3 nitrogen and oxygen atoms in total. The molecule has 0 heterocycles. The minimum Gasteiger partial charge on any atom is -0.236 e. The van der Waals surface area contributed by atoms with E-state index in [1.807, 2.05) is 12.1 Å². The molecule has 19 heavy (non-hydrogen) atoms. The molecule has 1 radical (unpaired) electrons. The van der Waals surface area contributed by atoms with E-state index in [9.17, 15) is 18.3 Å². The zero-order valence-corrected chi connectivity index (χ0v) is 9.61. The molecule has 2 unspecified atom stereocenters. The Morgan fingerprint density at radius 2 is 1.68 bits per heavy atom. The zero-order valence-electron chi connectivity index (χ0n) is 9.61. The van der Waals surface area contributed by atoms with Gasteiger partial charge in [-0.15, -0.1) is 0 Å². The molecule has 1 aliphatic carbocycles. The van der Waals surface area contributed by atoms with Gasteiger partial charge in [0.25, 0.3) is 0 Å². The van der Waals surface area contributed by atoms with Gasteiger partial charge in [-0.2, -0.15) is 23.7 Å². The first-order chi connectivity index (χ1) is 8.90. The van der Waals surface area contributed by atoms with E-state index in [1.54, 1.807) is 0 Å². The monoisotopic (exact) mass is 265 g/mol. The minimum absolute atomic E-state index is 0.428. The maximum absolute atomic E-state index is 12.4. The van der Waals surface area contributed by atoms with E-state index < -0.39 is 35.6 Å². The maximum atomic E-state index is 12.4. The summed E-state index contributed by atoms with van der Waals surface area (Å²) in [6, 6.07) is 7.88. The highest BCUT2D eigenvalue weighted by Gasteiger charge is 2.67. The lowest BCUT2D eigenvalue weighted by Gasteiger charge is -2.07. The molecule has 0 saturated heterocycles. The number of nitriles is 2. The van der Waals surface area contributed by atoms with Crippen molar-refractivity contribution < 1.29 is 18.3 Å². The second kappa shape index (κ2) is 4.25. The Labute approximate surface area is 107 Å². The number of hydrogen-bond acceptors (Lipinski definition) is 2. The van der Waals surface area contributed by atoms with Crippen molar-refractivity contribution in [2.75, 3.05) is 6.61 Å². The highest BCUT2D eigenvalue weighted by Crippen LogP contribution is 2.64. The van der Waals surface area contributed by atoms with Gasteiger partial charge >= 0.3 is 6.18 Å². The predicted octanol–water partition coefficient (Wildman–Crippen LogP) is 2.88. The fourth-order valence-electron chi connectivity index (χ4n) is 2.39. The number of halogens is 3. The Morgan fingerprint density at radius 1 is 1.16 bits per heavy atom. The van der Waals surface area contributed by atoms with Crippen molar-refractivity contribution in [3.8, 4) is 12.1 Å². The fourth-order valence-corrected chi connectivity index (χ4v) is 2.39. The van der Waals surface area contributed by atoms with Crippen LogP contribution in [0, 0.1) is 34.0 Å². The Kier molecular flexibility index (Phi) is 3.00. The first-order valence-corrected chi connectivity index (χ1v) is 5.48. The van der Waals surface area contributed by atoms with Gasteiger partial charge in [0.05, 0.1) is 24.3 Å². The van der Waals surface area contributed by atoms with E-state index in [1.165, 1.54) is 12.1 Å². The number of nitrogens with zero attached hydrogens (tertiary/aromatic N) is 2. The van der Waals surface area contributed by atoms with Gasteiger partial charge in [-0.05, 0) is 17.7 Å². The molecule has 1 fully saturated rings. The van der Waals surface area contributed by atoms with E-state index in [2.05, 4.69) is 0 Å². The average molecular weight is 265 g/mol. The third-order valence-corrected chi connectivity index (χ3v) is 3.52. The van der Waals surface area contributed by atoms with Crippen LogP contribution in [0.25, 0.3) is 0 Å². The summed E-state index contributed by atoms with van der Waals surface area (Å²) in [5, 5.41) is 28.9. The molecule has 1 aliphatic rings. The Morgan fingerprint density at radius 3 is 2.00 bits per heavy atom. The Hall–Kier alpha value is -2.05. The second-order valence-electron chi connectivity index (χ2n) is 4.46. The van der Waals surface area contributed by atoms with Crippen LogP contribution in [0.5, 0.6) is 0 Å². The topological polar surface area (TPSA) is 67.5 Å². The number of alkyl halides is 3. The van der Waals surface area contributed by atoms with Crippen molar-refractivity contribution in [1.29, 1.82) is 10.5 Å². The average Bonchev–Trinajstić information content (AvgIpc) is 3.06. The van der Waals surface area contributed by atoms with Crippen LogP contribution in [-0.2, 0) is 11.3 Å². The van der Waals surface area contributed by atoms with E-state index >= 15 is 0 Å². The Balaban J connectivity index is 2.31. The van der Waals surface area contributed by atoms with Crippen molar-refractivity contribution in [2.24, 2.45) is 11.3 Å². The highest BCUT2D eigenvalue weighted by atomic mass is 19.4. The van der Waals surface area contributed by atoms with Gasteiger partial charge < -0.3 is 0 Å². The van der Waals surface area contributed by atoms with Crippen LogP contribution in [0.1, 0.15) is 17.0 Å². The molecule has 0 amide bonds. The van der Waals surface area contributed by atoms with Crippen molar-refractivity contribution in [1.82, 2.24) is 0 Å². The predicted molar refractivity (Wildman–Crippen MR) is 56.9 cm³/mol. The second-order valence-corrected chi connectivity index (χ2v) is 4.46. The van der Waals surface area contributed by atoms with Crippen LogP contribution in [0.4, 0.5) is 13.2 Å². The molecule has 0 aliphatic heterocycles. The van der Waals surface area contributed by atoms with E-state index in [0.717, 1.165) is 12.1 Å². The summed E-state index contributed by atoms with van der Waals surface area (Å²) < 4.78 is 37.2. The van der Waals surface area contributed by atoms with Gasteiger partial charge in [0, 0.05) is 11.8 Å². The number of hydrogen-bond donors (Lipinski definition) is 0. The molecule has 0 spiro atoms.